The van der Waals surface area contributed by atoms with Gasteiger partial charge in [-0.3, -0.25) is 4.79 Å². The summed E-state index contributed by atoms with van der Waals surface area (Å²) in [4.78, 5) is 11.6. The van der Waals surface area contributed by atoms with Crippen LogP contribution < -0.4 is 4.74 Å². The maximum Gasteiger partial charge on any atom is 0.311 e. The maximum absolute atomic E-state index is 11.6. The molecule has 0 aromatic heterocycles. The summed E-state index contributed by atoms with van der Waals surface area (Å²) in [7, 11) is 0. The summed E-state index contributed by atoms with van der Waals surface area (Å²) in [6.07, 6.45) is 12.6. The first-order valence-corrected chi connectivity index (χ1v) is 12.5. The molecule has 0 spiro atoms. The molecule has 2 rings (SSSR count). The standard InChI is InChI=1S/C28H40N2O3/c1-4-6-7-8-9-10-11-12-13-24-14-16-25(17-15-24)29-30-26-18-20-27(21-19-26)32-22-33-28(31)23(3)5-2/h14-21,23H,4-13,22H2,1-3H3/b30-29+. The van der Waals surface area contributed by atoms with E-state index in [4.69, 9.17) is 9.47 Å². The lowest BCUT2D eigenvalue weighted by molar-refractivity contribution is -0.154. The topological polar surface area (TPSA) is 60.3 Å². The van der Waals surface area contributed by atoms with E-state index in [1.807, 2.05) is 38.1 Å². The van der Waals surface area contributed by atoms with Gasteiger partial charge in [-0.15, -0.1) is 0 Å². The predicted molar refractivity (Wildman–Crippen MR) is 134 cm³/mol. The molecule has 2 aromatic carbocycles. The Kier molecular flexibility index (Phi) is 12.9. The minimum Gasteiger partial charge on any atom is -0.457 e. The molecule has 1 atom stereocenters. The number of hydrogen-bond donors (Lipinski definition) is 0. The van der Waals surface area contributed by atoms with Crippen molar-refractivity contribution in [1.29, 1.82) is 0 Å². The Morgan fingerprint density at radius 3 is 1.91 bits per heavy atom. The highest BCUT2D eigenvalue weighted by atomic mass is 16.7. The van der Waals surface area contributed by atoms with Gasteiger partial charge in [-0.05, 0) is 61.2 Å². The number of unbranched alkanes of at least 4 members (excludes halogenated alkanes) is 7. The summed E-state index contributed by atoms with van der Waals surface area (Å²) in [5.74, 6) is 0.263. The number of nitrogens with zero attached hydrogens (tertiary/aromatic N) is 2. The fourth-order valence-electron chi connectivity index (χ4n) is 3.38. The zero-order chi connectivity index (χ0) is 23.7. The van der Waals surface area contributed by atoms with Crippen LogP contribution in [-0.2, 0) is 16.0 Å². The van der Waals surface area contributed by atoms with Gasteiger partial charge in [0.1, 0.15) is 5.75 Å². The van der Waals surface area contributed by atoms with E-state index in [1.54, 1.807) is 12.1 Å². The lowest BCUT2D eigenvalue weighted by Gasteiger charge is -2.10. The highest BCUT2D eigenvalue weighted by Crippen LogP contribution is 2.22. The van der Waals surface area contributed by atoms with Crippen LogP contribution in [0.2, 0.25) is 0 Å². The Hall–Kier alpha value is -2.69. The summed E-state index contributed by atoms with van der Waals surface area (Å²) in [5, 5.41) is 8.61. The van der Waals surface area contributed by atoms with Crippen molar-refractivity contribution in [2.75, 3.05) is 6.79 Å². The molecule has 180 valence electrons. The number of esters is 1. The molecule has 5 nitrogen and oxygen atoms in total. The molecule has 0 N–H and O–H groups in total. The second-order valence-electron chi connectivity index (χ2n) is 8.62. The Morgan fingerprint density at radius 1 is 0.788 bits per heavy atom. The number of carbonyl (C=O) groups is 1. The molecule has 2 aromatic rings. The summed E-state index contributed by atoms with van der Waals surface area (Å²) in [6, 6.07) is 15.6. The van der Waals surface area contributed by atoms with Crippen LogP contribution in [0.25, 0.3) is 0 Å². The van der Waals surface area contributed by atoms with Gasteiger partial charge in [0.15, 0.2) is 0 Å². The van der Waals surface area contributed by atoms with E-state index in [9.17, 15) is 4.79 Å². The molecule has 5 heteroatoms. The van der Waals surface area contributed by atoms with Gasteiger partial charge in [-0.1, -0.05) is 77.8 Å². The number of ether oxygens (including phenoxy) is 2. The zero-order valence-corrected chi connectivity index (χ0v) is 20.6. The number of benzene rings is 2. The van der Waals surface area contributed by atoms with Crippen molar-refractivity contribution in [3.63, 3.8) is 0 Å². The Bertz CT molecular complexity index is 816. The smallest absolute Gasteiger partial charge is 0.311 e. The van der Waals surface area contributed by atoms with Gasteiger partial charge in [0, 0.05) is 0 Å². The molecular weight excluding hydrogens is 412 g/mol. The molecule has 0 aliphatic rings. The van der Waals surface area contributed by atoms with E-state index in [1.165, 1.54) is 56.9 Å². The first-order valence-electron chi connectivity index (χ1n) is 12.5. The third kappa shape index (κ3) is 11.1. The van der Waals surface area contributed by atoms with Crippen LogP contribution in [-0.4, -0.2) is 12.8 Å². The lowest BCUT2D eigenvalue weighted by Crippen LogP contribution is -2.17. The van der Waals surface area contributed by atoms with Crippen LogP contribution in [0.4, 0.5) is 11.4 Å². The van der Waals surface area contributed by atoms with Crippen molar-refractivity contribution in [1.82, 2.24) is 0 Å². The van der Waals surface area contributed by atoms with Gasteiger partial charge in [0.05, 0.1) is 17.3 Å². The molecule has 0 fully saturated rings. The molecule has 0 saturated heterocycles. The monoisotopic (exact) mass is 452 g/mol. The van der Waals surface area contributed by atoms with E-state index in [0.29, 0.717) is 5.75 Å². The van der Waals surface area contributed by atoms with Gasteiger partial charge in [-0.2, -0.15) is 10.2 Å². The number of rotatable bonds is 16. The SMILES string of the molecule is CCCCCCCCCCc1ccc(/N=N/c2ccc(OCOC(=O)C(C)CC)cc2)cc1. The Labute approximate surface area is 199 Å². The van der Waals surface area contributed by atoms with Gasteiger partial charge >= 0.3 is 5.97 Å². The van der Waals surface area contributed by atoms with Crippen LogP contribution >= 0.6 is 0 Å². The van der Waals surface area contributed by atoms with E-state index in [-0.39, 0.29) is 18.7 Å². The molecule has 0 radical (unpaired) electrons. The minimum absolute atomic E-state index is 0.0880. The summed E-state index contributed by atoms with van der Waals surface area (Å²) < 4.78 is 10.6. The van der Waals surface area contributed by atoms with E-state index < -0.39 is 0 Å². The number of carbonyl (C=O) groups excluding carboxylic acids is 1. The van der Waals surface area contributed by atoms with Crippen molar-refractivity contribution in [2.24, 2.45) is 16.1 Å². The summed E-state index contributed by atoms with van der Waals surface area (Å²) >= 11 is 0. The molecule has 0 heterocycles. The van der Waals surface area contributed by atoms with Gasteiger partial charge in [-0.25, -0.2) is 0 Å². The van der Waals surface area contributed by atoms with Crippen molar-refractivity contribution in [2.45, 2.75) is 85.0 Å². The van der Waals surface area contributed by atoms with E-state index in [2.05, 4.69) is 29.3 Å². The normalized spacial score (nSPS) is 12.1. The predicted octanol–water partition coefficient (Wildman–Crippen LogP) is 8.71. The first kappa shape index (κ1) is 26.6. The fourth-order valence-corrected chi connectivity index (χ4v) is 3.38. The Balaban J connectivity index is 1.68. The maximum atomic E-state index is 11.6. The van der Waals surface area contributed by atoms with Crippen LogP contribution in [0.5, 0.6) is 5.75 Å². The van der Waals surface area contributed by atoms with Crippen LogP contribution in [0.1, 0.15) is 84.1 Å². The molecule has 0 aliphatic carbocycles. The van der Waals surface area contributed by atoms with Gasteiger partial charge < -0.3 is 9.47 Å². The average molecular weight is 453 g/mol. The Morgan fingerprint density at radius 2 is 1.33 bits per heavy atom. The molecule has 0 bridgehead atoms. The van der Waals surface area contributed by atoms with Crippen LogP contribution in [0.15, 0.2) is 58.8 Å². The zero-order valence-electron chi connectivity index (χ0n) is 20.6. The van der Waals surface area contributed by atoms with E-state index in [0.717, 1.165) is 24.2 Å². The van der Waals surface area contributed by atoms with Crippen molar-refractivity contribution in [3.05, 3.63) is 54.1 Å². The second kappa shape index (κ2) is 16.0. The highest BCUT2D eigenvalue weighted by Gasteiger charge is 2.11. The molecule has 0 amide bonds. The van der Waals surface area contributed by atoms with Crippen molar-refractivity contribution >= 4 is 17.3 Å². The number of azo groups is 1. The number of hydrogen-bond acceptors (Lipinski definition) is 5. The average Bonchev–Trinajstić information content (AvgIpc) is 2.85. The first-order chi connectivity index (χ1) is 16.1. The fraction of sp³-hybridized carbons (Fsp3) is 0.536. The molecule has 1 unspecified atom stereocenters. The van der Waals surface area contributed by atoms with E-state index >= 15 is 0 Å². The highest BCUT2D eigenvalue weighted by molar-refractivity contribution is 5.71. The molecule has 0 saturated carbocycles. The number of aryl methyl sites for hydroxylation is 1. The van der Waals surface area contributed by atoms with Gasteiger partial charge in [0.25, 0.3) is 0 Å². The van der Waals surface area contributed by atoms with Crippen LogP contribution in [0.3, 0.4) is 0 Å². The van der Waals surface area contributed by atoms with Crippen molar-refractivity contribution < 1.29 is 14.3 Å². The summed E-state index contributed by atoms with van der Waals surface area (Å²) in [5.41, 5.74) is 2.93. The summed E-state index contributed by atoms with van der Waals surface area (Å²) in [6.45, 7) is 5.97. The van der Waals surface area contributed by atoms with Gasteiger partial charge in [0.2, 0.25) is 6.79 Å². The minimum atomic E-state index is -0.244. The largest absolute Gasteiger partial charge is 0.457 e. The third-order valence-electron chi connectivity index (χ3n) is 5.81. The quantitative estimate of drug-likeness (QED) is 0.111. The molecular formula is C28H40N2O3. The third-order valence-corrected chi connectivity index (χ3v) is 5.81. The second-order valence-corrected chi connectivity index (χ2v) is 8.62. The van der Waals surface area contributed by atoms with Crippen molar-refractivity contribution in [3.8, 4) is 5.75 Å². The molecule has 0 aliphatic heterocycles. The van der Waals surface area contributed by atoms with Crippen LogP contribution in [0, 0.1) is 5.92 Å². The lowest BCUT2D eigenvalue weighted by atomic mass is 10.0. The molecule has 33 heavy (non-hydrogen) atoms.